The lowest BCUT2D eigenvalue weighted by Gasteiger charge is -2.23. The number of carbonyl (C=O) groups is 1. The summed E-state index contributed by atoms with van der Waals surface area (Å²) in [7, 11) is 3.16. The van der Waals surface area contributed by atoms with Gasteiger partial charge in [-0.05, 0) is 13.8 Å². The fraction of sp³-hybridized carbons (Fsp3) is 0.636. The van der Waals surface area contributed by atoms with Gasteiger partial charge in [-0.3, -0.25) is 4.79 Å². The van der Waals surface area contributed by atoms with E-state index in [0.717, 1.165) is 0 Å². The Bertz CT molecular complexity index is 435. The number of methoxy groups -OCH3 is 1. The molecule has 2 N–H and O–H groups in total. The first-order valence-electron chi connectivity index (χ1n) is 6.06. The molecule has 0 aliphatic carbocycles. The Labute approximate surface area is 112 Å². The van der Waals surface area contributed by atoms with Crippen molar-refractivity contribution in [3.63, 3.8) is 0 Å². The van der Waals surface area contributed by atoms with E-state index < -0.39 is 0 Å². The molecule has 8 nitrogen and oxygen atoms in total. The van der Waals surface area contributed by atoms with Gasteiger partial charge in [-0.25, -0.2) is 0 Å². The van der Waals surface area contributed by atoms with Gasteiger partial charge < -0.3 is 20.3 Å². The molecule has 8 heteroatoms. The van der Waals surface area contributed by atoms with Crippen LogP contribution < -0.4 is 15.4 Å². The summed E-state index contributed by atoms with van der Waals surface area (Å²) in [5, 5.41) is 0. The standard InChI is InChI=1S/C11H20N6O2/c1-5-17(6-2)8(18)7-16(3)10-13-9(12)14-11(15-10)19-4/h5-7H2,1-4H3,(H2,12,13,14,15). The van der Waals surface area contributed by atoms with E-state index in [2.05, 4.69) is 15.0 Å². The highest BCUT2D eigenvalue weighted by atomic mass is 16.5. The summed E-state index contributed by atoms with van der Waals surface area (Å²) in [6.45, 7) is 5.39. The smallest absolute Gasteiger partial charge is 0.322 e. The quantitative estimate of drug-likeness (QED) is 0.760. The Morgan fingerprint density at radius 1 is 1.26 bits per heavy atom. The number of nitrogens with two attached hydrogens (primary N) is 1. The maximum Gasteiger partial charge on any atom is 0.322 e. The molecule has 0 unspecified atom stereocenters. The van der Waals surface area contributed by atoms with E-state index in [4.69, 9.17) is 10.5 Å². The number of likely N-dealkylation sites (N-methyl/N-ethyl adjacent to an activating group) is 2. The Morgan fingerprint density at radius 3 is 2.42 bits per heavy atom. The molecule has 0 bridgehead atoms. The molecular formula is C11H20N6O2. The predicted octanol–water partition coefficient (Wildman–Crippen LogP) is -0.233. The van der Waals surface area contributed by atoms with Crippen molar-refractivity contribution in [2.45, 2.75) is 13.8 Å². The van der Waals surface area contributed by atoms with Crippen LogP contribution in [0.25, 0.3) is 0 Å². The number of hydrogen-bond donors (Lipinski definition) is 1. The lowest BCUT2D eigenvalue weighted by molar-refractivity contribution is -0.129. The van der Waals surface area contributed by atoms with Gasteiger partial charge in [0.05, 0.1) is 13.7 Å². The second-order valence-electron chi connectivity index (χ2n) is 3.90. The van der Waals surface area contributed by atoms with E-state index in [0.29, 0.717) is 19.0 Å². The summed E-state index contributed by atoms with van der Waals surface area (Å²) in [5.41, 5.74) is 5.55. The number of hydrogen-bond acceptors (Lipinski definition) is 7. The summed E-state index contributed by atoms with van der Waals surface area (Å²) in [6, 6.07) is 0.129. The number of rotatable bonds is 6. The fourth-order valence-corrected chi connectivity index (χ4v) is 1.57. The number of anilines is 2. The molecule has 0 atom stereocenters. The van der Waals surface area contributed by atoms with Gasteiger partial charge in [-0.1, -0.05) is 0 Å². The molecule has 0 aliphatic rings. The Morgan fingerprint density at radius 2 is 1.89 bits per heavy atom. The molecule has 0 aliphatic heterocycles. The first kappa shape index (κ1) is 14.9. The number of ether oxygens (including phenoxy) is 1. The maximum atomic E-state index is 12.0. The Balaban J connectivity index is 2.80. The molecule has 0 radical (unpaired) electrons. The maximum absolute atomic E-state index is 12.0. The van der Waals surface area contributed by atoms with Crippen molar-refractivity contribution < 1.29 is 9.53 Å². The van der Waals surface area contributed by atoms with Gasteiger partial charge in [0.25, 0.3) is 0 Å². The number of carbonyl (C=O) groups excluding carboxylic acids is 1. The molecule has 1 amide bonds. The highest BCUT2D eigenvalue weighted by Gasteiger charge is 2.16. The van der Waals surface area contributed by atoms with E-state index in [1.54, 1.807) is 16.8 Å². The zero-order chi connectivity index (χ0) is 14.4. The van der Waals surface area contributed by atoms with Crippen LogP contribution in [-0.2, 0) is 4.79 Å². The molecule has 0 saturated heterocycles. The minimum absolute atomic E-state index is 0.00505. The Hall–Kier alpha value is -2.12. The summed E-state index contributed by atoms with van der Waals surface area (Å²) in [6.07, 6.45) is 0. The topological polar surface area (TPSA) is 97.5 Å². The SMILES string of the molecule is CCN(CC)C(=O)CN(C)c1nc(N)nc(OC)n1. The fourth-order valence-electron chi connectivity index (χ4n) is 1.57. The number of nitrogen functional groups attached to an aromatic ring is 1. The van der Waals surface area contributed by atoms with Crippen LogP contribution in [0.1, 0.15) is 13.8 Å². The zero-order valence-electron chi connectivity index (χ0n) is 11.8. The second-order valence-corrected chi connectivity index (χ2v) is 3.90. The third-order valence-electron chi connectivity index (χ3n) is 2.63. The first-order valence-corrected chi connectivity index (χ1v) is 6.06. The molecule has 1 heterocycles. The minimum Gasteiger partial charge on any atom is -0.467 e. The monoisotopic (exact) mass is 268 g/mol. The van der Waals surface area contributed by atoms with Gasteiger partial charge in [-0.15, -0.1) is 0 Å². The largest absolute Gasteiger partial charge is 0.467 e. The first-order chi connectivity index (χ1) is 9.01. The van der Waals surface area contributed by atoms with Gasteiger partial charge in [0, 0.05) is 20.1 Å². The van der Waals surface area contributed by atoms with Crippen LogP contribution in [0.4, 0.5) is 11.9 Å². The number of nitrogens with zero attached hydrogens (tertiary/aromatic N) is 5. The summed E-state index contributed by atoms with van der Waals surface area (Å²) in [4.78, 5) is 27.1. The van der Waals surface area contributed by atoms with Crippen LogP contribution in [0.5, 0.6) is 6.01 Å². The number of aromatic nitrogens is 3. The average Bonchev–Trinajstić information content (AvgIpc) is 2.39. The van der Waals surface area contributed by atoms with Crippen molar-refractivity contribution in [2.75, 3.05) is 44.4 Å². The van der Waals surface area contributed by atoms with Crippen molar-refractivity contribution in [3.05, 3.63) is 0 Å². The van der Waals surface area contributed by atoms with Gasteiger partial charge in [-0.2, -0.15) is 15.0 Å². The van der Waals surface area contributed by atoms with E-state index >= 15 is 0 Å². The third-order valence-corrected chi connectivity index (χ3v) is 2.63. The molecule has 1 aromatic rings. The van der Waals surface area contributed by atoms with Crippen LogP contribution in [0.15, 0.2) is 0 Å². The second kappa shape index (κ2) is 6.72. The average molecular weight is 268 g/mol. The molecule has 1 rings (SSSR count). The molecule has 0 spiro atoms. The van der Waals surface area contributed by atoms with Crippen LogP contribution in [0.3, 0.4) is 0 Å². The van der Waals surface area contributed by atoms with Gasteiger partial charge in [0.1, 0.15) is 0 Å². The highest BCUT2D eigenvalue weighted by Crippen LogP contribution is 2.11. The molecular weight excluding hydrogens is 248 g/mol. The van der Waals surface area contributed by atoms with Crippen molar-refractivity contribution in [2.24, 2.45) is 0 Å². The third kappa shape index (κ3) is 3.94. The zero-order valence-corrected chi connectivity index (χ0v) is 11.8. The highest BCUT2D eigenvalue weighted by molar-refractivity contribution is 5.80. The van der Waals surface area contributed by atoms with Crippen molar-refractivity contribution in [3.8, 4) is 6.01 Å². The van der Waals surface area contributed by atoms with E-state index in [-0.39, 0.29) is 24.4 Å². The van der Waals surface area contributed by atoms with Crippen LogP contribution in [-0.4, -0.2) is 59.6 Å². The normalized spacial score (nSPS) is 10.1. The van der Waals surface area contributed by atoms with Crippen molar-refractivity contribution in [1.29, 1.82) is 0 Å². The lowest BCUT2D eigenvalue weighted by Crippen LogP contribution is -2.39. The predicted molar refractivity (Wildman–Crippen MR) is 72.0 cm³/mol. The lowest BCUT2D eigenvalue weighted by atomic mass is 10.4. The summed E-state index contributed by atoms with van der Waals surface area (Å²) in [5.74, 6) is 0.374. The molecule has 19 heavy (non-hydrogen) atoms. The molecule has 106 valence electrons. The molecule has 1 aromatic heterocycles. The van der Waals surface area contributed by atoms with E-state index in [9.17, 15) is 4.79 Å². The van der Waals surface area contributed by atoms with Crippen LogP contribution in [0.2, 0.25) is 0 Å². The molecule has 0 aromatic carbocycles. The van der Waals surface area contributed by atoms with E-state index in [1.807, 2.05) is 13.8 Å². The van der Waals surface area contributed by atoms with Gasteiger partial charge in [0.2, 0.25) is 17.8 Å². The van der Waals surface area contributed by atoms with Gasteiger partial charge in [0.15, 0.2) is 0 Å². The van der Waals surface area contributed by atoms with Crippen LogP contribution in [0, 0.1) is 0 Å². The number of amides is 1. The van der Waals surface area contributed by atoms with Gasteiger partial charge >= 0.3 is 6.01 Å². The van der Waals surface area contributed by atoms with Crippen molar-refractivity contribution >= 4 is 17.8 Å². The Kier molecular flexibility index (Phi) is 5.28. The molecule has 0 fully saturated rings. The minimum atomic E-state index is 0.00505. The van der Waals surface area contributed by atoms with Crippen molar-refractivity contribution in [1.82, 2.24) is 19.9 Å². The molecule has 0 saturated carbocycles. The summed E-state index contributed by atoms with van der Waals surface area (Å²) >= 11 is 0. The van der Waals surface area contributed by atoms with E-state index in [1.165, 1.54) is 7.11 Å². The summed E-state index contributed by atoms with van der Waals surface area (Å²) < 4.78 is 4.92. The van der Waals surface area contributed by atoms with Crippen LogP contribution >= 0.6 is 0 Å².